The van der Waals surface area contributed by atoms with Gasteiger partial charge in [0.05, 0.1) is 6.54 Å². The second-order valence-corrected chi connectivity index (χ2v) is 5.99. The molecule has 0 aromatic rings. The van der Waals surface area contributed by atoms with Crippen LogP contribution in [0.15, 0.2) is 12.2 Å². The SMILES string of the molecule is CC1CCCCC1N(C)C(=O)/C=C/CN(C)CC(F)(F)F. The first-order chi connectivity index (χ1) is 9.70. The zero-order valence-corrected chi connectivity index (χ0v) is 13.0. The molecule has 21 heavy (non-hydrogen) atoms. The van der Waals surface area contributed by atoms with Crippen molar-refractivity contribution in [2.75, 3.05) is 27.2 Å². The fraction of sp³-hybridized carbons (Fsp3) is 0.800. The van der Waals surface area contributed by atoms with E-state index in [0.717, 1.165) is 24.2 Å². The Morgan fingerprint density at radius 3 is 2.43 bits per heavy atom. The average Bonchev–Trinajstić information content (AvgIpc) is 2.36. The van der Waals surface area contributed by atoms with Gasteiger partial charge in [-0.1, -0.05) is 25.8 Å². The van der Waals surface area contributed by atoms with Gasteiger partial charge in [0.1, 0.15) is 0 Å². The summed E-state index contributed by atoms with van der Waals surface area (Å²) < 4.78 is 36.5. The predicted molar refractivity (Wildman–Crippen MR) is 76.9 cm³/mol. The Bertz CT molecular complexity index is 368. The zero-order chi connectivity index (χ0) is 16.0. The molecule has 2 unspecified atom stereocenters. The van der Waals surface area contributed by atoms with Gasteiger partial charge in [0.15, 0.2) is 0 Å². The van der Waals surface area contributed by atoms with E-state index in [1.165, 1.54) is 25.6 Å². The van der Waals surface area contributed by atoms with Crippen LogP contribution in [0, 0.1) is 5.92 Å². The molecule has 6 heteroatoms. The van der Waals surface area contributed by atoms with Crippen LogP contribution in [0.3, 0.4) is 0 Å². The second kappa shape index (κ2) is 7.82. The van der Waals surface area contributed by atoms with Crippen molar-refractivity contribution in [1.29, 1.82) is 0 Å². The molecular formula is C15H25F3N2O. The van der Waals surface area contributed by atoms with Crippen LogP contribution >= 0.6 is 0 Å². The van der Waals surface area contributed by atoms with E-state index in [1.54, 1.807) is 11.9 Å². The first kappa shape index (κ1) is 18.0. The van der Waals surface area contributed by atoms with Crippen LogP contribution in [0.2, 0.25) is 0 Å². The molecule has 1 aliphatic carbocycles. The number of carbonyl (C=O) groups excluding carboxylic acids is 1. The molecule has 3 nitrogen and oxygen atoms in total. The van der Waals surface area contributed by atoms with Crippen molar-refractivity contribution < 1.29 is 18.0 Å². The summed E-state index contributed by atoms with van der Waals surface area (Å²) in [6, 6.07) is 0.240. The Labute approximate surface area is 124 Å². The Morgan fingerprint density at radius 1 is 1.24 bits per heavy atom. The Hall–Kier alpha value is -1.04. The minimum atomic E-state index is -4.21. The van der Waals surface area contributed by atoms with E-state index in [-0.39, 0.29) is 18.5 Å². The topological polar surface area (TPSA) is 23.6 Å². The average molecular weight is 306 g/mol. The van der Waals surface area contributed by atoms with Crippen LogP contribution in [-0.4, -0.2) is 55.1 Å². The third-order valence-electron chi connectivity index (χ3n) is 4.04. The highest BCUT2D eigenvalue weighted by atomic mass is 19.4. The van der Waals surface area contributed by atoms with E-state index in [9.17, 15) is 18.0 Å². The van der Waals surface area contributed by atoms with E-state index < -0.39 is 12.7 Å². The standard InChI is InChI=1S/C15H25F3N2O/c1-12-7-4-5-8-13(12)20(3)14(21)9-6-10-19(2)11-15(16,17)18/h6,9,12-13H,4-5,7-8,10-11H2,1-3H3/b9-6+. The lowest BCUT2D eigenvalue weighted by Crippen LogP contribution is -2.42. The summed E-state index contributed by atoms with van der Waals surface area (Å²) in [5.41, 5.74) is 0. The number of carbonyl (C=O) groups is 1. The van der Waals surface area contributed by atoms with Gasteiger partial charge in [0, 0.05) is 25.7 Å². The van der Waals surface area contributed by atoms with Crippen LogP contribution < -0.4 is 0 Å². The van der Waals surface area contributed by atoms with Gasteiger partial charge in [-0.15, -0.1) is 0 Å². The van der Waals surface area contributed by atoms with Crippen LogP contribution in [0.25, 0.3) is 0 Å². The zero-order valence-electron chi connectivity index (χ0n) is 13.0. The molecule has 0 aromatic heterocycles. The van der Waals surface area contributed by atoms with Crippen LogP contribution in [0.4, 0.5) is 13.2 Å². The number of halogens is 3. The maximum absolute atomic E-state index is 12.2. The molecule has 1 aliphatic rings. The maximum atomic E-state index is 12.2. The molecule has 0 saturated heterocycles. The molecular weight excluding hydrogens is 281 g/mol. The third-order valence-corrected chi connectivity index (χ3v) is 4.04. The Kier molecular flexibility index (Phi) is 6.71. The number of rotatable bonds is 5. The van der Waals surface area contributed by atoms with Crippen molar-refractivity contribution >= 4 is 5.91 Å². The Morgan fingerprint density at radius 2 is 1.86 bits per heavy atom. The molecule has 0 bridgehead atoms. The molecule has 2 atom stereocenters. The molecule has 0 N–H and O–H groups in total. The van der Waals surface area contributed by atoms with Crippen molar-refractivity contribution in [2.45, 2.75) is 44.8 Å². The molecule has 0 heterocycles. The minimum Gasteiger partial charge on any atom is -0.339 e. The highest BCUT2D eigenvalue weighted by molar-refractivity contribution is 5.87. The van der Waals surface area contributed by atoms with Crippen molar-refractivity contribution in [3.8, 4) is 0 Å². The monoisotopic (exact) mass is 306 g/mol. The maximum Gasteiger partial charge on any atom is 0.401 e. The van der Waals surface area contributed by atoms with Crippen LogP contribution in [-0.2, 0) is 4.79 Å². The lowest BCUT2D eigenvalue weighted by Gasteiger charge is -2.35. The van der Waals surface area contributed by atoms with Gasteiger partial charge in [0.25, 0.3) is 0 Å². The van der Waals surface area contributed by atoms with Crippen molar-refractivity contribution in [3.63, 3.8) is 0 Å². The van der Waals surface area contributed by atoms with Crippen molar-refractivity contribution in [1.82, 2.24) is 9.80 Å². The van der Waals surface area contributed by atoms with Gasteiger partial charge in [0.2, 0.25) is 5.91 Å². The quantitative estimate of drug-likeness (QED) is 0.729. The lowest BCUT2D eigenvalue weighted by molar-refractivity contribution is -0.141. The summed E-state index contributed by atoms with van der Waals surface area (Å²) >= 11 is 0. The number of hydrogen-bond donors (Lipinski definition) is 0. The summed E-state index contributed by atoms with van der Waals surface area (Å²) in [6.45, 7) is 1.29. The Balaban J connectivity index is 2.42. The first-order valence-electron chi connectivity index (χ1n) is 7.39. The normalized spacial score (nSPS) is 23.8. The number of nitrogens with zero attached hydrogens (tertiary/aromatic N) is 2. The molecule has 1 fully saturated rings. The number of alkyl halides is 3. The smallest absolute Gasteiger partial charge is 0.339 e. The second-order valence-electron chi connectivity index (χ2n) is 5.99. The van der Waals surface area contributed by atoms with Gasteiger partial charge in [-0.2, -0.15) is 13.2 Å². The number of likely N-dealkylation sites (N-methyl/N-ethyl adjacent to an activating group) is 2. The number of amides is 1. The van der Waals surface area contributed by atoms with Gasteiger partial charge in [-0.25, -0.2) is 0 Å². The lowest BCUT2D eigenvalue weighted by atomic mass is 9.85. The van der Waals surface area contributed by atoms with Crippen molar-refractivity contribution in [2.24, 2.45) is 5.92 Å². The third kappa shape index (κ3) is 6.50. The fourth-order valence-electron chi connectivity index (χ4n) is 2.86. The molecule has 0 aromatic carbocycles. The summed E-state index contributed by atoms with van der Waals surface area (Å²) in [4.78, 5) is 14.9. The van der Waals surface area contributed by atoms with Gasteiger partial charge in [-0.05, 0) is 25.8 Å². The van der Waals surface area contributed by atoms with E-state index in [4.69, 9.17) is 0 Å². The van der Waals surface area contributed by atoms with Gasteiger partial charge < -0.3 is 4.90 Å². The molecule has 0 radical (unpaired) electrons. The molecule has 1 rings (SSSR count). The first-order valence-corrected chi connectivity index (χ1v) is 7.39. The predicted octanol–water partition coefficient (Wildman–Crippen LogP) is 3.07. The summed E-state index contributed by atoms with van der Waals surface area (Å²) in [5, 5.41) is 0. The van der Waals surface area contributed by atoms with E-state index in [2.05, 4.69) is 6.92 Å². The summed E-state index contributed by atoms with van der Waals surface area (Å²) in [6.07, 6.45) is 3.14. The molecule has 122 valence electrons. The molecule has 0 aliphatic heterocycles. The van der Waals surface area contributed by atoms with Gasteiger partial charge in [-0.3, -0.25) is 9.69 Å². The van der Waals surface area contributed by atoms with Gasteiger partial charge >= 0.3 is 6.18 Å². The largest absolute Gasteiger partial charge is 0.401 e. The van der Waals surface area contributed by atoms with E-state index in [1.807, 2.05) is 0 Å². The number of hydrogen-bond acceptors (Lipinski definition) is 2. The van der Waals surface area contributed by atoms with Crippen LogP contribution in [0.1, 0.15) is 32.6 Å². The fourth-order valence-corrected chi connectivity index (χ4v) is 2.86. The van der Waals surface area contributed by atoms with E-state index >= 15 is 0 Å². The summed E-state index contributed by atoms with van der Waals surface area (Å²) in [7, 11) is 3.16. The summed E-state index contributed by atoms with van der Waals surface area (Å²) in [5.74, 6) is 0.350. The minimum absolute atomic E-state index is 0.110. The highest BCUT2D eigenvalue weighted by Gasteiger charge is 2.29. The molecule has 0 spiro atoms. The van der Waals surface area contributed by atoms with Crippen LogP contribution in [0.5, 0.6) is 0 Å². The highest BCUT2D eigenvalue weighted by Crippen LogP contribution is 2.27. The van der Waals surface area contributed by atoms with E-state index in [0.29, 0.717) is 5.92 Å². The molecule has 1 amide bonds. The molecule has 1 saturated carbocycles. The van der Waals surface area contributed by atoms with Crippen molar-refractivity contribution in [3.05, 3.63) is 12.2 Å².